The molecule has 1 heterocycles. The maximum atomic E-state index is 11.2. The molecule has 1 rings (SSSR count). The molecule has 5 heteroatoms. The molecule has 4 nitrogen and oxygen atoms in total. The Morgan fingerprint density at radius 1 is 1.44 bits per heavy atom. The van der Waals surface area contributed by atoms with E-state index < -0.39 is 9.84 Å². The highest BCUT2D eigenvalue weighted by Crippen LogP contribution is 2.11. The van der Waals surface area contributed by atoms with E-state index in [1.165, 1.54) is 0 Å². The SMILES string of the molecule is C=C(C)COCCNC1CCS(=O)(=O)CC1. The summed E-state index contributed by atoms with van der Waals surface area (Å²) >= 11 is 0. The van der Waals surface area contributed by atoms with Crippen LogP contribution in [0.15, 0.2) is 12.2 Å². The van der Waals surface area contributed by atoms with Crippen molar-refractivity contribution >= 4 is 9.84 Å². The number of hydrogen-bond acceptors (Lipinski definition) is 4. The Hall–Kier alpha value is -0.390. The van der Waals surface area contributed by atoms with E-state index in [0.717, 1.165) is 25.0 Å². The first-order valence-electron chi connectivity index (χ1n) is 5.65. The molecule has 0 radical (unpaired) electrons. The van der Waals surface area contributed by atoms with Gasteiger partial charge in [-0.1, -0.05) is 12.2 Å². The van der Waals surface area contributed by atoms with E-state index in [9.17, 15) is 8.42 Å². The van der Waals surface area contributed by atoms with Crippen LogP contribution in [0.5, 0.6) is 0 Å². The summed E-state index contributed by atoms with van der Waals surface area (Å²) in [6, 6.07) is 0.331. The zero-order valence-electron chi connectivity index (χ0n) is 9.87. The number of nitrogens with one attached hydrogen (secondary N) is 1. The zero-order valence-corrected chi connectivity index (χ0v) is 10.7. The molecule has 0 saturated carbocycles. The van der Waals surface area contributed by atoms with E-state index in [-0.39, 0.29) is 0 Å². The normalized spacial score (nSPS) is 20.8. The zero-order chi connectivity index (χ0) is 12.0. The molecule has 1 fully saturated rings. The second kappa shape index (κ2) is 6.37. The summed E-state index contributed by atoms with van der Waals surface area (Å²) in [5.41, 5.74) is 1.02. The summed E-state index contributed by atoms with van der Waals surface area (Å²) in [5, 5.41) is 3.31. The Morgan fingerprint density at radius 3 is 2.62 bits per heavy atom. The monoisotopic (exact) mass is 247 g/mol. The Bertz CT molecular complexity index is 310. The van der Waals surface area contributed by atoms with E-state index in [4.69, 9.17) is 4.74 Å². The first-order chi connectivity index (χ1) is 7.49. The average Bonchev–Trinajstić information content (AvgIpc) is 2.19. The lowest BCUT2D eigenvalue weighted by Crippen LogP contribution is -2.39. The molecule has 94 valence electrons. The predicted octanol–water partition coefficient (Wildman–Crippen LogP) is 0.746. The minimum atomic E-state index is -2.75. The molecule has 0 aromatic heterocycles. The van der Waals surface area contributed by atoms with Crippen molar-refractivity contribution in [3.05, 3.63) is 12.2 Å². The van der Waals surface area contributed by atoms with Crippen LogP contribution < -0.4 is 5.32 Å². The molecule has 16 heavy (non-hydrogen) atoms. The van der Waals surface area contributed by atoms with Crippen molar-refractivity contribution in [2.24, 2.45) is 0 Å². The molecule has 1 saturated heterocycles. The number of sulfone groups is 1. The molecular weight excluding hydrogens is 226 g/mol. The van der Waals surface area contributed by atoms with Crippen molar-refractivity contribution < 1.29 is 13.2 Å². The van der Waals surface area contributed by atoms with E-state index in [2.05, 4.69) is 11.9 Å². The van der Waals surface area contributed by atoms with Crippen LogP contribution in [0, 0.1) is 0 Å². The first-order valence-corrected chi connectivity index (χ1v) is 7.48. The van der Waals surface area contributed by atoms with Gasteiger partial charge in [-0.15, -0.1) is 0 Å². The summed E-state index contributed by atoms with van der Waals surface area (Å²) in [4.78, 5) is 0. The van der Waals surface area contributed by atoms with Crippen molar-refractivity contribution in [3.8, 4) is 0 Å². The first kappa shape index (κ1) is 13.7. The fraction of sp³-hybridized carbons (Fsp3) is 0.818. The summed E-state index contributed by atoms with van der Waals surface area (Å²) in [6.45, 7) is 7.70. The smallest absolute Gasteiger partial charge is 0.150 e. The summed E-state index contributed by atoms with van der Waals surface area (Å²) in [7, 11) is -2.75. The van der Waals surface area contributed by atoms with Crippen molar-refractivity contribution in [2.45, 2.75) is 25.8 Å². The molecule has 0 aromatic carbocycles. The maximum Gasteiger partial charge on any atom is 0.150 e. The Morgan fingerprint density at radius 2 is 2.06 bits per heavy atom. The topological polar surface area (TPSA) is 55.4 Å². The van der Waals surface area contributed by atoms with Gasteiger partial charge in [-0.3, -0.25) is 0 Å². The fourth-order valence-electron chi connectivity index (χ4n) is 1.68. The van der Waals surface area contributed by atoms with Crippen LogP contribution in [-0.4, -0.2) is 45.7 Å². The lowest BCUT2D eigenvalue weighted by molar-refractivity contribution is 0.154. The van der Waals surface area contributed by atoms with Gasteiger partial charge in [0.05, 0.1) is 24.7 Å². The van der Waals surface area contributed by atoms with Crippen molar-refractivity contribution in [3.63, 3.8) is 0 Å². The van der Waals surface area contributed by atoms with Crippen molar-refractivity contribution in [1.29, 1.82) is 0 Å². The fourth-order valence-corrected chi connectivity index (χ4v) is 3.17. The van der Waals surface area contributed by atoms with Gasteiger partial charge < -0.3 is 10.1 Å². The molecule has 0 amide bonds. The van der Waals surface area contributed by atoms with Gasteiger partial charge in [0.15, 0.2) is 0 Å². The quantitative estimate of drug-likeness (QED) is 0.556. The van der Waals surface area contributed by atoms with Gasteiger partial charge >= 0.3 is 0 Å². The Balaban J connectivity index is 2.04. The molecule has 0 bridgehead atoms. The highest BCUT2D eigenvalue weighted by Gasteiger charge is 2.22. The van der Waals surface area contributed by atoms with Crippen LogP contribution in [-0.2, 0) is 14.6 Å². The summed E-state index contributed by atoms with van der Waals surface area (Å²) < 4.78 is 27.7. The van der Waals surface area contributed by atoms with Crippen molar-refractivity contribution in [2.75, 3.05) is 31.3 Å². The third kappa shape index (κ3) is 5.63. The molecule has 1 N–H and O–H groups in total. The molecule has 1 aliphatic heterocycles. The molecule has 0 aromatic rings. The second-order valence-electron chi connectivity index (χ2n) is 4.39. The van der Waals surface area contributed by atoms with Crippen molar-refractivity contribution in [1.82, 2.24) is 5.32 Å². The molecule has 0 unspecified atom stereocenters. The predicted molar refractivity (Wildman–Crippen MR) is 65.3 cm³/mol. The van der Waals surface area contributed by atoms with Gasteiger partial charge in [0, 0.05) is 12.6 Å². The van der Waals surface area contributed by atoms with Crippen LogP contribution in [0.3, 0.4) is 0 Å². The van der Waals surface area contributed by atoms with Gasteiger partial charge in [-0.25, -0.2) is 8.42 Å². The van der Waals surface area contributed by atoms with Crippen LogP contribution in [0.1, 0.15) is 19.8 Å². The number of ether oxygens (including phenoxy) is 1. The van der Waals surface area contributed by atoms with Crippen LogP contribution in [0.25, 0.3) is 0 Å². The average molecular weight is 247 g/mol. The maximum absolute atomic E-state index is 11.2. The van der Waals surface area contributed by atoms with Gasteiger partial charge in [-0.05, 0) is 19.8 Å². The minimum absolute atomic E-state index is 0.317. The third-order valence-corrected chi connectivity index (χ3v) is 4.30. The molecule has 0 spiro atoms. The third-order valence-electron chi connectivity index (χ3n) is 2.58. The van der Waals surface area contributed by atoms with E-state index in [1.54, 1.807) is 0 Å². The molecule has 0 atom stereocenters. The summed E-state index contributed by atoms with van der Waals surface area (Å²) in [6.07, 6.45) is 1.45. The van der Waals surface area contributed by atoms with Gasteiger partial charge in [0.2, 0.25) is 0 Å². The second-order valence-corrected chi connectivity index (χ2v) is 6.69. The molecular formula is C11H21NO3S. The molecule has 0 aliphatic carbocycles. The lowest BCUT2D eigenvalue weighted by Gasteiger charge is -2.23. The summed E-state index contributed by atoms with van der Waals surface area (Å²) in [5.74, 6) is 0.634. The minimum Gasteiger partial charge on any atom is -0.376 e. The van der Waals surface area contributed by atoms with Crippen LogP contribution >= 0.6 is 0 Å². The number of rotatable bonds is 6. The Labute approximate surface area is 98.0 Å². The van der Waals surface area contributed by atoms with Crippen LogP contribution in [0.2, 0.25) is 0 Å². The van der Waals surface area contributed by atoms with Gasteiger partial charge in [-0.2, -0.15) is 0 Å². The molecule has 1 aliphatic rings. The van der Waals surface area contributed by atoms with Crippen LogP contribution in [0.4, 0.5) is 0 Å². The lowest BCUT2D eigenvalue weighted by atomic mass is 10.1. The Kier molecular flexibility index (Phi) is 5.44. The number of hydrogen-bond donors (Lipinski definition) is 1. The van der Waals surface area contributed by atoms with E-state index in [1.807, 2.05) is 6.92 Å². The van der Waals surface area contributed by atoms with E-state index >= 15 is 0 Å². The van der Waals surface area contributed by atoms with E-state index in [0.29, 0.717) is 30.8 Å². The highest BCUT2D eigenvalue weighted by molar-refractivity contribution is 7.91. The largest absolute Gasteiger partial charge is 0.376 e. The standard InChI is InChI=1S/C11H21NO3S/c1-10(2)9-15-6-5-12-11-3-7-16(13,14)8-4-11/h11-12H,1,3-9H2,2H3. The van der Waals surface area contributed by atoms with Gasteiger partial charge in [0.1, 0.15) is 9.84 Å². The highest BCUT2D eigenvalue weighted by atomic mass is 32.2. The van der Waals surface area contributed by atoms with Gasteiger partial charge in [0.25, 0.3) is 0 Å².